The molecule has 7 nitrogen and oxygen atoms in total. The number of carboxylic acids is 1. The molecule has 5 aromatic carbocycles. The van der Waals surface area contributed by atoms with E-state index in [1.165, 1.54) is 11.8 Å². The van der Waals surface area contributed by atoms with Gasteiger partial charge in [-0.25, -0.2) is 4.79 Å². The summed E-state index contributed by atoms with van der Waals surface area (Å²) in [4.78, 5) is 25.1. The molecule has 48 heavy (non-hydrogen) atoms. The van der Waals surface area contributed by atoms with E-state index in [2.05, 4.69) is 18.3 Å². The molecule has 0 bridgehead atoms. The molecule has 1 amide bonds. The van der Waals surface area contributed by atoms with Crippen LogP contribution in [0.15, 0.2) is 132 Å². The van der Waals surface area contributed by atoms with Gasteiger partial charge in [0, 0.05) is 34.2 Å². The highest BCUT2D eigenvalue weighted by Crippen LogP contribution is 2.43. The normalized spacial score (nSPS) is 19.0. The lowest BCUT2D eigenvalue weighted by molar-refractivity contribution is -0.268. The smallest absolute Gasteiger partial charge is 0.336 e. The summed E-state index contributed by atoms with van der Waals surface area (Å²) >= 11 is 1.47. The highest BCUT2D eigenvalue weighted by atomic mass is 32.2. The lowest BCUT2D eigenvalue weighted by Gasteiger charge is -2.41. The Morgan fingerprint density at radius 2 is 1.46 bits per heavy atom. The first kappa shape index (κ1) is 33.2. The van der Waals surface area contributed by atoms with Crippen molar-refractivity contribution >= 4 is 23.6 Å². The van der Waals surface area contributed by atoms with Crippen molar-refractivity contribution in [2.75, 3.05) is 5.75 Å². The van der Waals surface area contributed by atoms with E-state index in [9.17, 15) is 19.8 Å². The van der Waals surface area contributed by atoms with Gasteiger partial charge in [0.25, 0.3) is 5.91 Å². The Morgan fingerprint density at radius 1 is 0.750 bits per heavy atom. The minimum atomic E-state index is -0.957. The zero-order chi connectivity index (χ0) is 33.5. The van der Waals surface area contributed by atoms with Crippen LogP contribution in [-0.2, 0) is 22.6 Å². The Morgan fingerprint density at radius 3 is 2.19 bits per heavy atom. The SMILES string of the molecule is C[C@@H]1[C@H](CSc2ccccc2C(=O)O)O[C@H](c2ccc(-c3cccc(CNC(=O)c4ccccc4)c3)cc2)O[C@@H]1c1ccc(CO)cc1. The second kappa shape index (κ2) is 15.4. The number of ether oxygens (including phenoxy) is 2. The number of thioether (sulfide) groups is 1. The third-order valence-electron chi connectivity index (χ3n) is 8.58. The van der Waals surface area contributed by atoms with Gasteiger partial charge < -0.3 is 25.0 Å². The number of carboxylic acid groups (broad SMARTS) is 1. The zero-order valence-electron chi connectivity index (χ0n) is 26.5. The van der Waals surface area contributed by atoms with Crippen LogP contribution in [0, 0.1) is 5.92 Å². The van der Waals surface area contributed by atoms with Gasteiger partial charge in [-0.15, -0.1) is 11.8 Å². The standard InChI is InChI=1S/C40H37NO6S/c1-26-35(25-48-36-13-6-5-12-34(36)39(44)45)46-40(47-37(26)30-16-14-27(24-42)15-17-30)32-20-18-29(19-21-32)33-11-7-8-28(22-33)23-41-38(43)31-9-3-2-4-10-31/h2-22,26,35,37,40,42H,23-25H2,1H3,(H,41,43)(H,44,45)/t26-,35+,37+,40+/m1/s1. The minimum absolute atomic E-state index is 0.0323. The van der Waals surface area contributed by atoms with Crippen LogP contribution in [0.25, 0.3) is 11.1 Å². The third kappa shape index (κ3) is 7.86. The number of aromatic carboxylic acids is 1. The number of aliphatic hydroxyl groups is 1. The van der Waals surface area contributed by atoms with Crippen LogP contribution in [0.1, 0.15) is 62.3 Å². The molecular formula is C40H37NO6S. The van der Waals surface area contributed by atoms with Crippen molar-refractivity contribution in [2.24, 2.45) is 5.92 Å². The molecule has 6 rings (SSSR count). The molecule has 0 radical (unpaired) electrons. The first-order valence-corrected chi connectivity index (χ1v) is 16.9. The molecule has 1 heterocycles. The van der Waals surface area contributed by atoms with E-state index in [1.54, 1.807) is 24.3 Å². The van der Waals surface area contributed by atoms with Gasteiger partial charge in [0.05, 0.1) is 24.4 Å². The average Bonchev–Trinajstić information content (AvgIpc) is 3.14. The number of amides is 1. The maximum atomic E-state index is 12.5. The van der Waals surface area contributed by atoms with Crippen LogP contribution < -0.4 is 5.32 Å². The highest BCUT2D eigenvalue weighted by molar-refractivity contribution is 7.99. The molecule has 1 fully saturated rings. The van der Waals surface area contributed by atoms with Gasteiger partial charge in [-0.3, -0.25) is 4.79 Å². The fourth-order valence-corrected chi connectivity index (χ4v) is 7.03. The van der Waals surface area contributed by atoms with E-state index in [4.69, 9.17) is 9.47 Å². The summed E-state index contributed by atoms with van der Waals surface area (Å²) in [6.07, 6.45) is -1.16. The molecule has 1 saturated heterocycles. The summed E-state index contributed by atoms with van der Waals surface area (Å²) in [5, 5.41) is 22.2. The predicted molar refractivity (Wildman–Crippen MR) is 187 cm³/mol. The van der Waals surface area contributed by atoms with E-state index in [1.807, 2.05) is 97.1 Å². The molecule has 0 saturated carbocycles. The van der Waals surface area contributed by atoms with E-state index in [-0.39, 0.29) is 36.2 Å². The zero-order valence-corrected chi connectivity index (χ0v) is 27.3. The van der Waals surface area contributed by atoms with Gasteiger partial charge in [-0.05, 0) is 58.1 Å². The van der Waals surface area contributed by atoms with Gasteiger partial charge in [0.1, 0.15) is 0 Å². The summed E-state index contributed by atoms with van der Waals surface area (Å²) in [7, 11) is 0. The molecule has 8 heteroatoms. The van der Waals surface area contributed by atoms with Crippen molar-refractivity contribution in [1.29, 1.82) is 0 Å². The molecule has 1 aliphatic rings. The molecule has 1 aliphatic heterocycles. The molecule has 4 atom stereocenters. The van der Waals surface area contributed by atoms with Crippen molar-refractivity contribution in [3.63, 3.8) is 0 Å². The summed E-state index contributed by atoms with van der Waals surface area (Å²) in [6.45, 7) is 2.47. The van der Waals surface area contributed by atoms with Crippen LogP contribution in [0.5, 0.6) is 0 Å². The molecule has 5 aromatic rings. The predicted octanol–water partition coefficient (Wildman–Crippen LogP) is 8.06. The van der Waals surface area contributed by atoms with Crippen molar-refractivity contribution in [1.82, 2.24) is 5.32 Å². The number of carbonyl (C=O) groups excluding carboxylic acids is 1. The second-order valence-electron chi connectivity index (χ2n) is 11.8. The average molecular weight is 660 g/mol. The first-order valence-electron chi connectivity index (χ1n) is 15.9. The molecule has 0 aliphatic carbocycles. The molecule has 0 aromatic heterocycles. The van der Waals surface area contributed by atoms with Crippen molar-refractivity contribution < 1.29 is 29.3 Å². The topological polar surface area (TPSA) is 105 Å². The first-order chi connectivity index (χ1) is 23.4. The third-order valence-corrected chi connectivity index (χ3v) is 9.74. The number of rotatable bonds is 11. The number of carbonyl (C=O) groups is 2. The van der Waals surface area contributed by atoms with Crippen LogP contribution in [0.4, 0.5) is 0 Å². The van der Waals surface area contributed by atoms with E-state index in [0.29, 0.717) is 22.8 Å². The Kier molecular flexibility index (Phi) is 10.7. The molecule has 244 valence electrons. The van der Waals surface area contributed by atoms with Crippen molar-refractivity contribution in [2.45, 2.75) is 43.5 Å². The number of nitrogens with one attached hydrogen (secondary N) is 1. The van der Waals surface area contributed by atoms with E-state index < -0.39 is 12.3 Å². The van der Waals surface area contributed by atoms with Crippen LogP contribution in [0.3, 0.4) is 0 Å². The summed E-state index contributed by atoms with van der Waals surface area (Å²) in [5.41, 5.74) is 6.62. The number of hydrogen-bond donors (Lipinski definition) is 3. The molecule has 0 unspecified atom stereocenters. The monoisotopic (exact) mass is 659 g/mol. The fourth-order valence-electron chi connectivity index (χ4n) is 5.82. The fraction of sp³-hybridized carbons (Fsp3) is 0.200. The van der Waals surface area contributed by atoms with Crippen LogP contribution in [-0.4, -0.2) is 33.9 Å². The lowest BCUT2D eigenvalue weighted by atomic mass is 9.91. The van der Waals surface area contributed by atoms with Gasteiger partial charge in [0.15, 0.2) is 6.29 Å². The van der Waals surface area contributed by atoms with Gasteiger partial charge in [0.2, 0.25) is 0 Å². The van der Waals surface area contributed by atoms with Gasteiger partial charge in [-0.2, -0.15) is 0 Å². The van der Waals surface area contributed by atoms with Crippen LogP contribution >= 0.6 is 11.8 Å². The number of benzene rings is 5. The molecule has 0 spiro atoms. The van der Waals surface area contributed by atoms with E-state index in [0.717, 1.165) is 33.4 Å². The maximum Gasteiger partial charge on any atom is 0.336 e. The second-order valence-corrected chi connectivity index (χ2v) is 12.9. The minimum Gasteiger partial charge on any atom is -0.478 e. The Bertz CT molecular complexity index is 1840. The van der Waals surface area contributed by atoms with Crippen molar-refractivity contribution in [3.05, 3.63) is 161 Å². The molecule has 3 N–H and O–H groups in total. The van der Waals surface area contributed by atoms with Gasteiger partial charge >= 0.3 is 5.97 Å². The highest BCUT2D eigenvalue weighted by Gasteiger charge is 2.38. The Balaban J connectivity index is 1.19. The van der Waals surface area contributed by atoms with Crippen molar-refractivity contribution in [3.8, 4) is 11.1 Å². The Labute approximate surface area is 284 Å². The van der Waals surface area contributed by atoms with E-state index >= 15 is 0 Å². The quantitative estimate of drug-likeness (QED) is 0.123. The lowest BCUT2D eigenvalue weighted by Crippen LogP contribution is -2.38. The number of aliphatic hydroxyl groups excluding tert-OH is 1. The molecular weight excluding hydrogens is 623 g/mol. The maximum absolute atomic E-state index is 12.5. The van der Waals surface area contributed by atoms with Gasteiger partial charge in [-0.1, -0.05) is 104 Å². The Hall–Kier alpha value is -4.73. The summed E-state index contributed by atoms with van der Waals surface area (Å²) in [6, 6.07) is 40.1. The number of hydrogen-bond acceptors (Lipinski definition) is 6. The summed E-state index contributed by atoms with van der Waals surface area (Å²) in [5.74, 6) is -0.559. The van der Waals surface area contributed by atoms with Crippen LogP contribution in [0.2, 0.25) is 0 Å². The summed E-state index contributed by atoms with van der Waals surface area (Å²) < 4.78 is 13.2. The largest absolute Gasteiger partial charge is 0.478 e.